The minimum absolute atomic E-state index is 0.0215. The van der Waals surface area contributed by atoms with Crippen LogP contribution < -0.4 is 10.6 Å². The molecule has 2 aromatic carbocycles. The first-order valence-electron chi connectivity index (χ1n) is 12.0. The molecule has 4 aromatic rings. The summed E-state index contributed by atoms with van der Waals surface area (Å²) in [6.45, 7) is 0.920. The monoisotopic (exact) mass is 534 g/mol. The fourth-order valence-electron chi connectivity index (χ4n) is 4.51. The van der Waals surface area contributed by atoms with Gasteiger partial charge in [0.2, 0.25) is 0 Å². The molecular weight excluding hydrogens is 510 g/mol. The van der Waals surface area contributed by atoms with E-state index < -0.39 is 23.7 Å². The number of carbonyl (C=O) groups excluding carboxylic acids is 2. The predicted molar refractivity (Wildman–Crippen MR) is 140 cm³/mol. The molecule has 1 aliphatic rings. The Morgan fingerprint density at radius 3 is 2.58 bits per heavy atom. The number of hydrogen-bond donors (Lipinski definition) is 1. The Bertz CT molecular complexity index is 1440. The van der Waals surface area contributed by atoms with Gasteiger partial charge in [-0.1, -0.05) is 24.3 Å². The summed E-state index contributed by atoms with van der Waals surface area (Å²) >= 11 is 1.00. The summed E-state index contributed by atoms with van der Waals surface area (Å²) in [5.74, 6) is -2.21. The first kappa shape index (κ1) is 25.6. The minimum Gasteiger partial charge on any atom is -0.457 e. The molecule has 0 aliphatic carbocycles. The lowest BCUT2D eigenvalue weighted by atomic mass is 10.0. The zero-order chi connectivity index (χ0) is 26.6. The normalized spacial score (nSPS) is 17.3. The molecular formula is C28H24F2N4O3S. The molecule has 5 rings (SSSR count). The maximum absolute atomic E-state index is 14.2. The molecule has 194 valence electrons. The number of esters is 1. The van der Waals surface area contributed by atoms with Crippen molar-refractivity contribution in [1.29, 1.82) is 0 Å². The van der Waals surface area contributed by atoms with Crippen LogP contribution in [0.15, 0.2) is 72.4 Å². The summed E-state index contributed by atoms with van der Waals surface area (Å²) in [4.78, 5) is 36.1. The highest BCUT2D eigenvalue weighted by atomic mass is 32.1. The van der Waals surface area contributed by atoms with Crippen molar-refractivity contribution in [2.75, 3.05) is 18.0 Å². The van der Waals surface area contributed by atoms with Gasteiger partial charge in [-0.2, -0.15) is 0 Å². The standard InChI is InChI=1S/C28H24F2N4O3S/c29-21-7-4-8-22(30)26(21)27-33-23(16-38-27)25(35)11-18-13-32-10-9-24(18)34-14-19(31)12-20(15-34)37-28(36)17-5-2-1-3-6-17/h1-10,13,16,19-20H,11-12,14-15,31H2/t19-,20-/m0/s1. The second kappa shape index (κ2) is 11.2. The van der Waals surface area contributed by atoms with Gasteiger partial charge in [-0.05, 0) is 30.3 Å². The molecule has 0 bridgehead atoms. The van der Waals surface area contributed by atoms with Crippen molar-refractivity contribution in [3.8, 4) is 10.6 Å². The fraction of sp³-hybridized carbons (Fsp3) is 0.214. The largest absolute Gasteiger partial charge is 0.457 e. The van der Waals surface area contributed by atoms with Crippen molar-refractivity contribution in [2.45, 2.75) is 25.0 Å². The first-order chi connectivity index (χ1) is 18.4. The number of ketones is 1. The molecule has 10 heteroatoms. The highest BCUT2D eigenvalue weighted by Gasteiger charge is 2.30. The van der Waals surface area contributed by atoms with Crippen LogP contribution in [-0.4, -0.2) is 47.0 Å². The average molecular weight is 535 g/mol. The molecule has 3 heterocycles. The first-order valence-corrected chi connectivity index (χ1v) is 12.9. The van der Waals surface area contributed by atoms with Gasteiger partial charge in [-0.3, -0.25) is 9.78 Å². The molecule has 0 saturated carbocycles. The number of hydrogen-bond acceptors (Lipinski definition) is 8. The van der Waals surface area contributed by atoms with Gasteiger partial charge in [0.15, 0.2) is 5.78 Å². The summed E-state index contributed by atoms with van der Waals surface area (Å²) in [5, 5.41) is 1.59. The maximum atomic E-state index is 14.2. The highest BCUT2D eigenvalue weighted by Crippen LogP contribution is 2.30. The van der Waals surface area contributed by atoms with Gasteiger partial charge in [0, 0.05) is 54.5 Å². The summed E-state index contributed by atoms with van der Waals surface area (Å²) < 4.78 is 34.1. The Labute approximate surface area is 221 Å². The zero-order valence-electron chi connectivity index (χ0n) is 20.2. The van der Waals surface area contributed by atoms with Crippen molar-refractivity contribution in [2.24, 2.45) is 5.73 Å². The number of nitrogens with zero attached hydrogens (tertiary/aromatic N) is 3. The molecule has 0 unspecified atom stereocenters. The van der Waals surface area contributed by atoms with Crippen molar-refractivity contribution in [1.82, 2.24) is 9.97 Å². The third-order valence-electron chi connectivity index (χ3n) is 6.26. The Balaban J connectivity index is 1.32. The number of pyridine rings is 1. The smallest absolute Gasteiger partial charge is 0.338 e. The molecule has 0 radical (unpaired) electrons. The van der Waals surface area contributed by atoms with Crippen LogP contribution in [0.5, 0.6) is 0 Å². The van der Waals surface area contributed by atoms with Gasteiger partial charge in [-0.25, -0.2) is 18.6 Å². The van der Waals surface area contributed by atoms with Crippen LogP contribution in [0.4, 0.5) is 14.5 Å². The summed E-state index contributed by atoms with van der Waals surface area (Å²) in [5.41, 5.74) is 8.03. The van der Waals surface area contributed by atoms with Gasteiger partial charge in [0.1, 0.15) is 28.4 Å². The third-order valence-corrected chi connectivity index (χ3v) is 7.12. The average Bonchev–Trinajstić information content (AvgIpc) is 3.39. The van der Waals surface area contributed by atoms with Crippen molar-refractivity contribution in [3.63, 3.8) is 0 Å². The Morgan fingerprint density at radius 2 is 1.82 bits per heavy atom. The van der Waals surface area contributed by atoms with E-state index in [0.717, 1.165) is 29.2 Å². The van der Waals surface area contributed by atoms with Crippen LogP contribution in [0, 0.1) is 11.6 Å². The molecule has 0 amide bonds. The van der Waals surface area contributed by atoms with E-state index in [2.05, 4.69) is 9.97 Å². The second-order valence-corrected chi connectivity index (χ2v) is 9.89. The molecule has 1 aliphatic heterocycles. The van der Waals surface area contributed by atoms with Crippen LogP contribution >= 0.6 is 11.3 Å². The Kier molecular flexibility index (Phi) is 7.52. The predicted octanol–water partition coefficient (Wildman–Crippen LogP) is 4.67. The van der Waals surface area contributed by atoms with E-state index >= 15 is 0 Å². The molecule has 2 aromatic heterocycles. The Hall–Kier alpha value is -4.02. The SMILES string of the molecule is N[C@H]1C[C@H](OC(=O)c2ccccc2)CN(c2ccncc2CC(=O)c2csc(-c3c(F)cccc3F)n2)C1. The molecule has 2 N–H and O–H groups in total. The summed E-state index contributed by atoms with van der Waals surface area (Å²) in [6, 6.07) is 13.9. The zero-order valence-corrected chi connectivity index (χ0v) is 21.0. The minimum atomic E-state index is -0.739. The van der Waals surface area contributed by atoms with Gasteiger partial charge >= 0.3 is 5.97 Å². The topological polar surface area (TPSA) is 98.4 Å². The number of piperidine rings is 1. The van der Waals surface area contributed by atoms with E-state index in [1.165, 1.54) is 11.4 Å². The van der Waals surface area contributed by atoms with Crippen molar-refractivity contribution in [3.05, 3.63) is 101 Å². The number of rotatable bonds is 7. The number of ether oxygens (including phenoxy) is 1. The molecule has 1 saturated heterocycles. The van der Waals surface area contributed by atoms with E-state index in [4.69, 9.17) is 10.5 Å². The van der Waals surface area contributed by atoms with Gasteiger partial charge in [-0.15, -0.1) is 11.3 Å². The van der Waals surface area contributed by atoms with E-state index in [-0.39, 0.29) is 34.5 Å². The van der Waals surface area contributed by atoms with Crippen LogP contribution in [0.25, 0.3) is 10.6 Å². The fourth-order valence-corrected chi connectivity index (χ4v) is 5.38. The second-order valence-electron chi connectivity index (χ2n) is 9.03. The lowest BCUT2D eigenvalue weighted by Gasteiger charge is -2.38. The lowest BCUT2D eigenvalue weighted by Crippen LogP contribution is -2.51. The number of nitrogens with two attached hydrogens (primary N) is 1. The van der Waals surface area contributed by atoms with Crippen LogP contribution in [0.3, 0.4) is 0 Å². The van der Waals surface area contributed by atoms with Gasteiger partial charge < -0.3 is 15.4 Å². The van der Waals surface area contributed by atoms with E-state index in [1.807, 2.05) is 11.0 Å². The molecule has 7 nitrogen and oxygen atoms in total. The number of Topliss-reactive ketones (excluding diaryl/α,β-unsaturated/α-hetero) is 1. The highest BCUT2D eigenvalue weighted by molar-refractivity contribution is 7.13. The molecule has 38 heavy (non-hydrogen) atoms. The van der Waals surface area contributed by atoms with Crippen molar-refractivity contribution < 1.29 is 23.1 Å². The number of halogens is 2. The number of benzene rings is 2. The van der Waals surface area contributed by atoms with E-state index in [9.17, 15) is 18.4 Å². The van der Waals surface area contributed by atoms with Crippen LogP contribution in [0.2, 0.25) is 0 Å². The third kappa shape index (κ3) is 5.61. The molecule has 0 spiro atoms. The molecule has 1 fully saturated rings. The lowest BCUT2D eigenvalue weighted by molar-refractivity contribution is 0.0255. The molecule has 2 atom stereocenters. The Morgan fingerprint density at radius 1 is 1.05 bits per heavy atom. The number of carbonyl (C=O) groups is 2. The quantitative estimate of drug-likeness (QED) is 0.272. The van der Waals surface area contributed by atoms with Gasteiger partial charge in [0.05, 0.1) is 17.7 Å². The number of thiazole rings is 1. The maximum Gasteiger partial charge on any atom is 0.338 e. The van der Waals surface area contributed by atoms with Crippen LogP contribution in [0.1, 0.15) is 32.8 Å². The number of aromatic nitrogens is 2. The number of anilines is 1. The summed E-state index contributed by atoms with van der Waals surface area (Å²) in [6.07, 6.45) is 3.29. The van der Waals surface area contributed by atoms with Crippen molar-refractivity contribution >= 4 is 28.8 Å². The van der Waals surface area contributed by atoms with E-state index in [0.29, 0.717) is 30.6 Å². The van der Waals surface area contributed by atoms with E-state index in [1.54, 1.807) is 42.7 Å². The van der Waals surface area contributed by atoms with Gasteiger partial charge in [0.25, 0.3) is 0 Å². The summed E-state index contributed by atoms with van der Waals surface area (Å²) in [7, 11) is 0. The van der Waals surface area contributed by atoms with Crippen LogP contribution in [-0.2, 0) is 11.2 Å².